The molecular formula is C12H15N5O3. The van der Waals surface area contributed by atoms with Gasteiger partial charge in [-0.3, -0.25) is 14.2 Å². The van der Waals surface area contributed by atoms with E-state index in [1.807, 2.05) is 6.92 Å². The third kappa shape index (κ3) is 2.68. The van der Waals surface area contributed by atoms with Gasteiger partial charge in [0.05, 0.1) is 12.8 Å². The lowest BCUT2D eigenvalue weighted by molar-refractivity contribution is 0.0594. The first-order valence-electron chi connectivity index (χ1n) is 6.02. The van der Waals surface area contributed by atoms with Gasteiger partial charge in [-0.25, -0.2) is 4.79 Å². The van der Waals surface area contributed by atoms with Crippen LogP contribution >= 0.6 is 0 Å². The van der Waals surface area contributed by atoms with Crippen LogP contribution in [0.15, 0.2) is 18.5 Å². The molecule has 0 radical (unpaired) electrons. The van der Waals surface area contributed by atoms with E-state index in [2.05, 4.69) is 20.3 Å². The van der Waals surface area contributed by atoms with E-state index >= 15 is 0 Å². The van der Waals surface area contributed by atoms with Crippen molar-refractivity contribution in [2.24, 2.45) is 7.05 Å². The van der Waals surface area contributed by atoms with Crippen molar-refractivity contribution in [2.45, 2.75) is 13.5 Å². The summed E-state index contributed by atoms with van der Waals surface area (Å²) >= 11 is 0. The maximum absolute atomic E-state index is 12.0. The SMILES string of the molecule is CCn1ccc(C(=O)Nc2cn(C)nc2C(=O)OC)n1. The number of ether oxygens (including phenoxy) is 1. The van der Waals surface area contributed by atoms with Gasteiger partial charge in [0.15, 0.2) is 11.4 Å². The summed E-state index contributed by atoms with van der Waals surface area (Å²) in [6.07, 6.45) is 3.24. The highest BCUT2D eigenvalue weighted by Gasteiger charge is 2.19. The van der Waals surface area contributed by atoms with Crippen molar-refractivity contribution in [3.05, 3.63) is 29.8 Å². The topological polar surface area (TPSA) is 91.0 Å². The number of carbonyl (C=O) groups excluding carboxylic acids is 2. The summed E-state index contributed by atoms with van der Waals surface area (Å²) in [5, 5.41) is 10.6. The van der Waals surface area contributed by atoms with Crippen LogP contribution in [0.1, 0.15) is 27.9 Å². The summed E-state index contributed by atoms with van der Waals surface area (Å²) < 4.78 is 7.67. The van der Waals surface area contributed by atoms with Gasteiger partial charge in [0.25, 0.3) is 5.91 Å². The molecule has 0 spiro atoms. The van der Waals surface area contributed by atoms with E-state index in [0.29, 0.717) is 6.54 Å². The van der Waals surface area contributed by atoms with Crippen molar-refractivity contribution in [2.75, 3.05) is 12.4 Å². The minimum absolute atomic E-state index is 0.0540. The second-order valence-corrected chi connectivity index (χ2v) is 4.07. The van der Waals surface area contributed by atoms with E-state index in [1.165, 1.54) is 18.0 Å². The Labute approximate surface area is 115 Å². The minimum atomic E-state index is -0.611. The van der Waals surface area contributed by atoms with E-state index in [9.17, 15) is 9.59 Å². The van der Waals surface area contributed by atoms with Crippen LogP contribution in [0.25, 0.3) is 0 Å². The molecule has 0 saturated carbocycles. The zero-order chi connectivity index (χ0) is 14.7. The standard InChI is InChI=1S/C12H15N5O3/c1-4-17-6-5-8(14-17)11(18)13-9-7-16(2)15-10(9)12(19)20-3/h5-7H,4H2,1-3H3,(H,13,18). The summed E-state index contributed by atoms with van der Waals surface area (Å²) in [4.78, 5) is 23.6. The van der Waals surface area contributed by atoms with E-state index in [1.54, 1.807) is 24.0 Å². The number of esters is 1. The van der Waals surface area contributed by atoms with Crippen molar-refractivity contribution in [1.29, 1.82) is 0 Å². The quantitative estimate of drug-likeness (QED) is 0.830. The molecule has 8 nitrogen and oxygen atoms in total. The summed E-state index contributed by atoms with van der Waals surface area (Å²) in [7, 11) is 2.90. The highest BCUT2D eigenvalue weighted by atomic mass is 16.5. The molecule has 2 aromatic heterocycles. The minimum Gasteiger partial charge on any atom is -0.464 e. The van der Waals surface area contributed by atoms with Gasteiger partial charge in [-0.05, 0) is 13.0 Å². The molecule has 2 rings (SSSR count). The number of anilines is 1. The Bertz CT molecular complexity index is 643. The largest absolute Gasteiger partial charge is 0.464 e. The summed E-state index contributed by atoms with van der Waals surface area (Å²) in [6, 6.07) is 1.60. The number of nitrogens with zero attached hydrogens (tertiary/aromatic N) is 4. The third-order valence-electron chi connectivity index (χ3n) is 2.65. The number of carbonyl (C=O) groups is 2. The molecule has 0 aromatic carbocycles. The Morgan fingerprint density at radius 2 is 2.15 bits per heavy atom. The van der Waals surface area contributed by atoms with E-state index in [0.717, 1.165) is 0 Å². The van der Waals surface area contributed by atoms with E-state index in [-0.39, 0.29) is 17.1 Å². The molecule has 0 aliphatic carbocycles. The van der Waals surface area contributed by atoms with Crippen LogP contribution in [0.5, 0.6) is 0 Å². The first-order valence-corrected chi connectivity index (χ1v) is 6.02. The van der Waals surface area contributed by atoms with Crippen LogP contribution in [-0.4, -0.2) is 38.5 Å². The number of aromatic nitrogens is 4. The van der Waals surface area contributed by atoms with Gasteiger partial charge >= 0.3 is 5.97 Å². The van der Waals surface area contributed by atoms with Gasteiger partial charge < -0.3 is 10.1 Å². The molecule has 2 aromatic rings. The average molecular weight is 277 g/mol. The number of hydrogen-bond acceptors (Lipinski definition) is 5. The molecule has 0 fully saturated rings. The fourth-order valence-corrected chi connectivity index (χ4v) is 1.67. The number of hydrogen-bond donors (Lipinski definition) is 1. The highest BCUT2D eigenvalue weighted by Crippen LogP contribution is 2.15. The first-order chi connectivity index (χ1) is 9.55. The number of methoxy groups -OCH3 is 1. The fraction of sp³-hybridized carbons (Fsp3) is 0.333. The molecule has 0 aliphatic rings. The molecule has 20 heavy (non-hydrogen) atoms. The molecule has 0 bridgehead atoms. The van der Waals surface area contributed by atoms with Crippen molar-refractivity contribution < 1.29 is 14.3 Å². The highest BCUT2D eigenvalue weighted by molar-refractivity contribution is 6.06. The number of aryl methyl sites for hydroxylation is 2. The molecule has 106 valence electrons. The van der Waals surface area contributed by atoms with Crippen molar-refractivity contribution in [3.63, 3.8) is 0 Å². The summed E-state index contributed by atoms with van der Waals surface area (Å²) in [5.41, 5.74) is 0.611. The van der Waals surface area contributed by atoms with E-state index in [4.69, 9.17) is 0 Å². The van der Waals surface area contributed by atoms with Gasteiger partial charge in [0.1, 0.15) is 0 Å². The van der Waals surface area contributed by atoms with Gasteiger partial charge in [-0.15, -0.1) is 0 Å². The molecular weight excluding hydrogens is 262 g/mol. The first kappa shape index (κ1) is 13.8. The Morgan fingerprint density at radius 3 is 2.75 bits per heavy atom. The maximum atomic E-state index is 12.0. The fourth-order valence-electron chi connectivity index (χ4n) is 1.67. The lowest BCUT2D eigenvalue weighted by Crippen LogP contribution is -2.15. The lowest BCUT2D eigenvalue weighted by atomic mass is 10.3. The van der Waals surface area contributed by atoms with Crippen molar-refractivity contribution >= 4 is 17.6 Å². The molecule has 0 saturated heterocycles. The Morgan fingerprint density at radius 1 is 1.40 bits per heavy atom. The van der Waals surface area contributed by atoms with Crippen molar-refractivity contribution in [1.82, 2.24) is 19.6 Å². The molecule has 0 unspecified atom stereocenters. The third-order valence-corrected chi connectivity index (χ3v) is 2.65. The number of rotatable bonds is 4. The van der Waals surface area contributed by atoms with Crippen LogP contribution < -0.4 is 5.32 Å². The average Bonchev–Trinajstić information content (AvgIpc) is 3.04. The van der Waals surface area contributed by atoms with Crippen LogP contribution in [0.3, 0.4) is 0 Å². The normalized spacial score (nSPS) is 10.3. The predicted octanol–water partition coefficient (Wildman–Crippen LogP) is 0.675. The van der Waals surface area contributed by atoms with E-state index < -0.39 is 11.9 Å². The van der Waals surface area contributed by atoms with Crippen LogP contribution in [0, 0.1) is 0 Å². The Balaban J connectivity index is 2.21. The lowest BCUT2D eigenvalue weighted by Gasteiger charge is -2.02. The van der Waals surface area contributed by atoms with Gasteiger partial charge in [0.2, 0.25) is 0 Å². The van der Waals surface area contributed by atoms with Gasteiger partial charge in [-0.2, -0.15) is 10.2 Å². The van der Waals surface area contributed by atoms with Crippen LogP contribution in [0.2, 0.25) is 0 Å². The summed E-state index contributed by atoms with van der Waals surface area (Å²) in [6.45, 7) is 2.60. The molecule has 8 heteroatoms. The maximum Gasteiger partial charge on any atom is 0.360 e. The number of nitrogens with one attached hydrogen (secondary N) is 1. The van der Waals surface area contributed by atoms with Gasteiger partial charge in [-0.1, -0.05) is 0 Å². The van der Waals surface area contributed by atoms with Crippen LogP contribution in [-0.2, 0) is 18.3 Å². The second-order valence-electron chi connectivity index (χ2n) is 4.07. The molecule has 0 aliphatic heterocycles. The molecule has 0 atom stereocenters. The summed E-state index contributed by atoms with van der Waals surface area (Å²) in [5.74, 6) is -1.02. The second kappa shape index (κ2) is 5.55. The number of amides is 1. The molecule has 1 N–H and O–H groups in total. The predicted molar refractivity (Wildman–Crippen MR) is 70.4 cm³/mol. The molecule has 2 heterocycles. The Hall–Kier alpha value is -2.64. The monoisotopic (exact) mass is 277 g/mol. The van der Waals surface area contributed by atoms with Gasteiger partial charge in [0, 0.05) is 26.0 Å². The zero-order valence-corrected chi connectivity index (χ0v) is 11.5. The van der Waals surface area contributed by atoms with Crippen molar-refractivity contribution in [3.8, 4) is 0 Å². The molecule has 1 amide bonds. The smallest absolute Gasteiger partial charge is 0.360 e. The zero-order valence-electron chi connectivity index (χ0n) is 11.5. The Kier molecular flexibility index (Phi) is 3.83. The van der Waals surface area contributed by atoms with Crippen LogP contribution in [0.4, 0.5) is 5.69 Å².